The number of methoxy groups -OCH3 is 1. The molecule has 1 heterocycles. The van der Waals surface area contributed by atoms with Crippen molar-refractivity contribution in [3.63, 3.8) is 0 Å². The number of carbonyl (C=O) groups is 2. The monoisotopic (exact) mass is 238 g/mol. The van der Waals surface area contributed by atoms with Gasteiger partial charge in [0.2, 0.25) is 0 Å². The third-order valence-corrected chi connectivity index (χ3v) is 3.02. The van der Waals surface area contributed by atoms with E-state index in [0.29, 0.717) is 19.3 Å². The predicted molar refractivity (Wildman–Crippen MR) is 62.5 cm³/mol. The molecular weight excluding hydrogens is 220 g/mol. The summed E-state index contributed by atoms with van der Waals surface area (Å²) in [5, 5.41) is 0. The fraction of sp³-hybridized carbons (Fsp3) is 0.538. The van der Waals surface area contributed by atoms with Gasteiger partial charge >= 0.3 is 5.97 Å². The zero-order valence-corrected chi connectivity index (χ0v) is 10.5. The Morgan fingerprint density at radius 1 is 1.47 bits per heavy atom. The molecule has 94 valence electrons. The van der Waals surface area contributed by atoms with Gasteiger partial charge in [0.1, 0.15) is 17.0 Å². The summed E-state index contributed by atoms with van der Waals surface area (Å²) >= 11 is 0. The quantitative estimate of drug-likeness (QED) is 0.564. The van der Waals surface area contributed by atoms with Crippen molar-refractivity contribution in [1.29, 1.82) is 0 Å². The van der Waals surface area contributed by atoms with Crippen LogP contribution in [0.5, 0.6) is 0 Å². The van der Waals surface area contributed by atoms with Crippen LogP contribution in [0, 0.1) is 5.41 Å². The van der Waals surface area contributed by atoms with Gasteiger partial charge < -0.3 is 9.15 Å². The van der Waals surface area contributed by atoms with Crippen molar-refractivity contribution in [3.8, 4) is 0 Å². The molecule has 1 aromatic rings. The average molecular weight is 238 g/mol. The van der Waals surface area contributed by atoms with Crippen LogP contribution in [0.2, 0.25) is 0 Å². The molecule has 17 heavy (non-hydrogen) atoms. The minimum Gasteiger partial charge on any atom is -0.469 e. The van der Waals surface area contributed by atoms with E-state index in [1.807, 2.05) is 6.07 Å². The first-order valence-corrected chi connectivity index (χ1v) is 5.68. The van der Waals surface area contributed by atoms with Crippen LogP contribution in [0.25, 0.3) is 0 Å². The Balaban J connectivity index is 2.77. The van der Waals surface area contributed by atoms with Gasteiger partial charge in [0.25, 0.3) is 0 Å². The molecule has 0 aliphatic heterocycles. The third kappa shape index (κ3) is 2.96. The number of esters is 1. The Hall–Kier alpha value is -1.58. The molecule has 0 N–H and O–H groups in total. The lowest BCUT2D eigenvalue weighted by Crippen LogP contribution is -2.37. The fourth-order valence-corrected chi connectivity index (χ4v) is 1.80. The SMILES string of the molecule is CCC(=O)C(C)(CCc1ccco1)C(=O)OC. The largest absolute Gasteiger partial charge is 0.469 e. The molecule has 0 aromatic carbocycles. The highest BCUT2D eigenvalue weighted by molar-refractivity contribution is 6.03. The van der Waals surface area contributed by atoms with Gasteiger partial charge in [0.05, 0.1) is 13.4 Å². The molecule has 1 rings (SSSR count). The standard InChI is InChI=1S/C13H18O4/c1-4-11(14)13(2,12(15)16-3)8-7-10-6-5-9-17-10/h5-6,9H,4,7-8H2,1-3H3. The lowest BCUT2D eigenvalue weighted by Gasteiger charge is -2.24. The summed E-state index contributed by atoms with van der Waals surface area (Å²) in [5.74, 6) is 0.191. The molecule has 0 spiro atoms. The van der Waals surface area contributed by atoms with Crippen LogP contribution >= 0.6 is 0 Å². The summed E-state index contributed by atoms with van der Waals surface area (Å²) in [4.78, 5) is 23.6. The molecular formula is C13H18O4. The first kappa shape index (κ1) is 13.5. The highest BCUT2D eigenvalue weighted by atomic mass is 16.5. The van der Waals surface area contributed by atoms with E-state index in [9.17, 15) is 9.59 Å². The van der Waals surface area contributed by atoms with E-state index >= 15 is 0 Å². The van der Waals surface area contributed by atoms with Crippen molar-refractivity contribution in [3.05, 3.63) is 24.2 Å². The van der Waals surface area contributed by atoms with Crippen LogP contribution in [-0.2, 0) is 20.7 Å². The van der Waals surface area contributed by atoms with Crippen LogP contribution in [0.3, 0.4) is 0 Å². The molecule has 0 saturated heterocycles. The van der Waals surface area contributed by atoms with Gasteiger partial charge in [0, 0.05) is 12.8 Å². The second-order valence-electron chi connectivity index (χ2n) is 4.18. The Bertz CT molecular complexity index is 362. The number of hydrogen-bond donors (Lipinski definition) is 0. The van der Waals surface area contributed by atoms with Gasteiger partial charge in [-0.25, -0.2) is 0 Å². The first-order chi connectivity index (χ1) is 8.04. The maximum absolute atomic E-state index is 11.9. The normalized spacial score (nSPS) is 14.1. The van der Waals surface area contributed by atoms with Gasteiger partial charge in [-0.1, -0.05) is 6.92 Å². The van der Waals surface area contributed by atoms with Crippen LogP contribution in [0.4, 0.5) is 0 Å². The molecule has 1 unspecified atom stereocenters. The second kappa shape index (κ2) is 5.66. The van der Waals surface area contributed by atoms with Crippen molar-refractivity contribution >= 4 is 11.8 Å². The predicted octanol–water partition coefficient (Wildman–Crippen LogP) is 2.37. The zero-order chi connectivity index (χ0) is 12.9. The molecule has 0 aliphatic rings. The summed E-state index contributed by atoms with van der Waals surface area (Å²) in [7, 11) is 1.30. The number of Topliss-reactive ketones (excluding diaryl/α,β-unsaturated/α-hetero) is 1. The lowest BCUT2D eigenvalue weighted by atomic mass is 9.79. The molecule has 1 atom stereocenters. The van der Waals surface area contributed by atoms with Crippen molar-refractivity contribution in [2.24, 2.45) is 5.41 Å². The first-order valence-electron chi connectivity index (χ1n) is 5.68. The average Bonchev–Trinajstić information content (AvgIpc) is 2.86. The Kier molecular flexibility index (Phi) is 4.49. The van der Waals surface area contributed by atoms with Crippen LogP contribution in [0.1, 0.15) is 32.4 Å². The molecule has 4 heteroatoms. The van der Waals surface area contributed by atoms with Gasteiger partial charge in [-0.3, -0.25) is 9.59 Å². The maximum atomic E-state index is 11.9. The number of ketones is 1. The summed E-state index contributed by atoms with van der Waals surface area (Å²) in [6.45, 7) is 3.38. The van der Waals surface area contributed by atoms with E-state index in [1.54, 1.807) is 26.2 Å². The molecule has 0 bridgehead atoms. The van der Waals surface area contributed by atoms with Crippen molar-refractivity contribution in [1.82, 2.24) is 0 Å². The number of rotatable bonds is 6. The number of carbonyl (C=O) groups excluding carboxylic acids is 2. The van der Waals surface area contributed by atoms with E-state index in [4.69, 9.17) is 9.15 Å². The maximum Gasteiger partial charge on any atom is 0.319 e. The number of hydrogen-bond acceptors (Lipinski definition) is 4. The molecule has 1 aromatic heterocycles. The fourth-order valence-electron chi connectivity index (χ4n) is 1.80. The van der Waals surface area contributed by atoms with Gasteiger partial charge in [-0.05, 0) is 25.5 Å². The van der Waals surface area contributed by atoms with Crippen molar-refractivity contribution < 1.29 is 18.7 Å². The van der Waals surface area contributed by atoms with E-state index in [-0.39, 0.29) is 5.78 Å². The minimum atomic E-state index is -1.07. The summed E-state index contributed by atoms with van der Waals surface area (Å²) in [6, 6.07) is 3.61. The Morgan fingerprint density at radius 2 is 2.18 bits per heavy atom. The number of aryl methyl sites for hydroxylation is 1. The summed E-state index contributed by atoms with van der Waals surface area (Å²) in [5.41, 5.74) is -1.07. The second-order valence-corrected chi connectivity index (χ2v) is 4.18. The van der Waals surface area contributed by atoms with E-state index < -0.39 is 11.4 Å². The van der Waals surface area contributed by atoms with Crippen LogP contribution in [0.15, 0.2) is 22.8 Å². The van der Waals surface area contributed by atoms with E-state index in [1.165, 1.54) is 7.11 Å². The van der Waals surface area contributed by atoms with Gasteiger partial charge in [-0.2, -0.15) is 0 Å². The number of furan rings is 1. The molecule has 0 amide bonds. The smallest absolute Gasteiger partial charge is 0.319 e. The highest BCUT2D eigenvalue weighted by Gasteiger charge is 2.40. The molecule has 4 nitrogen and oxygen atoms in total. The number of ether oxygens (including phenoxy) is 1. The molecule has 0 saturated carbocycles. The lowest BCUT2D eigenvalue weighted by molar-refractivity contribution is -0.157. The van der Waals surface area contributed by atoms with Crippen LogP contribution in [-0.4, -0.2) is 18.9 Å². The van der Waals surface area contributed by atoms with Gasteiger partial charge in [-0.15, -0.1) is 0 Å². The van der Waals surface area contributed by atoms with E-state index in [0.717, 1.165) is 5.76 Å². The minimum absolute atomic E-state index is 0.101. The van der Waals surface area contributed by atoms with Crippen LogP contribution < -0.4 is 0 Å². The summed E-state index contributed by atoms with van der Waals surface area (Å²) < 4.78 is 9.91. The van der Waals surface area contributed by atoms with Crippen molar-refractivity contribution in [2.45, 2.75) is 33.1 Å². The zero-order valence-electron chi connectivity index (χ0n) is 10.5. The van der Waals surface area contributed by atoms with Gasteiger partial charge in [0.15, 0.2) is 0 Å². The third-order valence-electron chi connectivity index (χ3n) is 3.02. The van der Waals surface area contributed by atoms with Crippen molar-refractivity contribution in [2.75, 3.05) is 7.11 Å². The molecule has 0 fully saturated rings. The molecule has 0 aliphatic carbocycles. The Morgan fingerprint density at radius 3 is 2.65 bits per heavy atom. The van der Waals surface area contributed by atoms with E-state index in [2.05, 4.69) is 0 Å². The topological polar surface area (TPSA) is 56.5 Å². The molecule has 0 radical (unpaired) electrons. The summed E-state index contributed by atoms with van der Waals surface area (Å²) in [6.07, 6.45) is 2.85. The highest BCUT2D eigenvalue weighted by Crippen LogP contribution is 2.28. The Labute approximate surface area is 101 Å².